The van der Waals surface area contributed by atoms with E-state index in [0.717, 1.165) is 9.87 Å². The zero-order valence-corrected chi connectivity index (χ0v) is 17.2. The molecule has 7 nitrogen and oxygen atoms in total. The molecule has 0 spiro atoms. The Labute approximate surface area is 166 Å². The zero-order valence-electron chi connectivity index (χ0n) is 16.3. The maximum absolute atomic E-state index is 12.6. The van der Waals surface area contributed by atoms with Crippen molar-refractivity contribution in [2.75, 3.05) is 33.9 Å². The molecule has 152 valence electrons. The molecule has 0 aliphatic heterocycles. The van der Waals surface area contributed by atoms with Gasteiger partial charge in [0.25, 0.3) is 0 Å². The van der Waals surface area contributed by atoms with E-state index < -0.39 is 10.0 Å². The monoisotopic (exact) mass is 406 g/mol. The Morgan fingerprint density at radius 1 is 1.04 bits per heavy atom. The van der Waals surface area contributed by atoms with Crippen LogP contribution < -0.4 is 14.8 Å². The summed E-state index contributed by atoms with van der Waals surface area (Å²) in [6.07, 6.45) is 0.587. The summed E-state index contributed by atoms with van der Waals surface area (Å²) in [6, 6.07) is 13.7. The molecule has 2 aromatic rings. The lowest BCUT2D eigenvalue weighted by molar-refractivity contribution is -0.121. The number of sulfonamides is 1. The number of nitrogens with zero attached hydrogens (tertiary/aromatic N) is 1. The van der Waals surface area contributed by atoms with Crippen LogP contribution in [0.4, 0.5) is 0 Å². The molecule has 0 aliphatic carbocycles. The summed E-state index contributed by atoms with van der Waals surface area (Å²) in [5.41, 5.74) is 0.974. The van der Waals surface area contributed by atoms with Gasteiger partial charge in [-0.25, -0.2) is 8.42 Å². The van der Waals surface area contributed by atoms with Crippen LogP contribution in [0, 0.1) is 0 Å². The highest BCUT2D eigenvalue weighted by Gasteiger charge is 2.24. The molecular formula is C20H26N2O5S. The summed E-state index contributed by atoms with van der Waals surface area (Å²) in [4.78, 5) is 12.4. The van der Waals surface area contributed by atoms with E-state index in [4.69, 9.17) is 9.47 Å². The quantitative estimate of drug-likeness (QED) is 0.653. The van der Waals surface area contributed by atoms with Gasteiger partial charge in [-0.2, -0.15) is 4.31 Å². The summed E-state index contributed by atoms with van der Waals surface area (Å²) in [5, 5.41) is 2.77. The average Bonchev–Trinajstić information content (AvgIpc) is 2.72. The maximum atomic E-state index is 12.6. The van der Waals surface area contributed by atoms with Crippen LogP contribution in [-0.4, -0.2) is 52.5 Å². The predicted octanol–water partition coefficient (Wildman–Crippen LogP) is 2.07. The van der Waals surface area contributed by atoms with Crippen LogP contribution in [0.2, 0.25) is 0 Å². The Morgan fingerprint density at radius 2 is 1.71 bits per heavy atom. The van der Waals surface area contributed by atoms with Crippen molar-refractivity contribution in [1.29, 1.82) is 0 Å². The Hall–Kier alpha value is -2.58. The van der Waals surface area contributed by atoms with Gasteiger partial charge in [-0.15, -0.1) is 0 Å². The fourth-order valence-corrected chi connectivity index (χ4v) is 4.13. The van der Waals surface area contributed by atoms with Gasteiger partial charge in [0.15, 0.2) is 11.5 Å². The molecule has 1 amide bonds. The maximum Gasteiger partial charge on any atom is 0.243 e. The summed E-state index contributed by atoms with van der Waals surface area (Å²) in [6.45, 7) is 2.08. The zero-order chi connectivity index (χ0) is 20.6. The molecule has 0 aromatic heterocycles. The first-order valence-corrected chi connectivity index (χ1v) is 10.4. The third kappa shape index (κ3) is 5.46. The lowest BCUT2D eigenvalue weighted by atomic mass is 10.1. The van der Waals surface area contributed by atoms with Crippen molar-refractivity contribution in [2.24, 2.45) is 0 Å². The van der Waals surface area contributed by atoms with Crippen molar-refractivity contribution in [3.05, 3.63) is 54.1 Å². The van der Waals surface area contributed by atoms with E-state index >= 15 is 0 Å². The number of ether oxygens (including phenoxy) is 2. The van der Waals surface area contributed by atoms with Gasteiger partial charge in [0, 0.05) is 13.1 Å². The second-order valence-corrected chi connectivity index (χ2v) is 7.97. The molecule has 1 N–H and O–H groups in total. The molecule has 0 saturated carbocycles. The van der Waals surface area contributed by atoms with E-state index in [-0.39, 0.29) is 23.9 Å². The SMILES string of the molecule is CCN(CC(=O)NCCc1ccc(OC)c(OC)c1)S(=O)(=O)c1ccccc1. The van der Waals surface area contributed by atoms with Gasteiger partial charge in [0.1, 0.15) is 0 Å². The minimum atomic E-state index is -3.70. The minimum Gasteiger partial charge on any atom is -0.493 e. The van der Waals surface area contributed by atoms with Gasteiger partial charge in [-0.3, -0.25) is 4.79 Å². The number of carbonyl (C=O) groups excluding carboxylic acids is 1. The molecule has 2 rings (SSSR count). The van der Waals surface area contributed by atoms with Gasteiger partial charge in [-0.1, -0.05) is 31.2 Å². The number of nitrogens with one attached hydrogen (secondary N) is 1. The number of hydrogen-bond acceptors (Lipinski definition) is 5. The first-order chi connectivity index (χ1) is 13.4. The fraction of sp³-hybridized carbons (Fsp3) is 0.350. The summed E-state index contributed by atoms with van der Waals surface area (Å²) >= 11 is 0. The molecule has 0 heterocycles. The Morgan fingerprint density at radius 3 is 2.32 bits per heavy atom. The summed E-state index contributed by atoms with van der Waals surface area (Å²) in [5.74, 6) is 0.916. The second kappa shape index (κ2) is 10.1. The van der Waals surface area contributed by atoms with Crippen molar-refractivity contribution in [2.45, 2.75) is 18.2 Å². The molecule has 0 unspecified atom stereocenters. The van der Waals surface area contributed by atoms with E-state index in [1.54, 1.807) is 45.4 Å². The van der Waals surface area contributed by atoms with Crippen LogP contribution in [-0.2, 0) is 21.2 Å². The number of hydrogen-bond donors (Lipinski definition) is 1. The summed E-state index contributed by atoms with van der Waals surface area (Å²) < 4.78 is 36.9. The van der Waals surface area contributed by atoms with Crippen LogP contribution in [0.5, 0.6) is 11.5 Å². The standard InChI is InChI=1S/C20H26N2O5S/c1-4-22(28(24,25)17-8-6-5-7-9-17)15-20(23)21-13-12-16-10-11-18(26-2)19(14-16)27-3/h5-11,14H,4,12-13,15H2,1-3H3,(H,21,23). The normalized spacial score (nSPS) is 11.3. The third-order valence-corrected chi connectivity index (χ3v) is 6.17. The van der Waals surface area contributed by atoms with Crippen LogP contribution in [0.15, 0.2) is 53.4 Å². The Balaban J connectivity index is 1.92. The van der Waals surface area contributed by atoms with Crippen molar-refractivity contribution in [3.63, 3.8) is 0 Å². The van der Waals surface area contributed by atoms with E-state index in [9.17, 15) is 13.2 Å². The number of rotatable bonds is 10. The van der Waals surface area contributed by atoms with Crippen LogP contribution in [0.3, 0.4) is 0 Å². The van der Waals surface area contributed by atoms with Crippen molar-refractivity contribution in [3.8, 4) is 11.5 Å². The highest BCUT2D eigenvalue weighted by Crippen LogP contribution is 2.27. The number of methoxy groups -OCH3 is 2. The highest BCUT2D eigenvalue weighted by molar-refractivity contribution is 7.89. The van der Waals surface area contributed by atoms with Gasteiger partial charge < -0.3 is 14.8 Å². The Kier molecular flexibility index (Phi) is 7.83. The van der Waals surface area contributed by atoms with Crippen molar-refractivity contribution in [1.82, 2.24) is 9.62 Å². The molecule has 0 saturated heterocycles. The first kappa shape index (κ1) is 21.7. The average molecular weight is 407 g/mol. The fourth-order valence-electron chi connectivity index (χ4n) is 2.71. The topological polar surface area (TPSA) is 84.9 Å². The van der Waals surface area contributed by atoms with E-state index in [1.165, 1.54) is 12.1 Å². The molecule has 0 atom stereocenters. The molecular weight excluding hydrogens is 380 g/mol. The Bertz CT molecular complexity index is 885. The van der Waals surface area contributed by atoms with Gasteiger partial charge in [0.2, 0.25) is 15.9 Å². The lowest BCUT2D eigenvalue weighted by Gasteiger charge is -2.20. The number of likely N-dealkylation sites (N-methyl/N-ethyl adjacent to an activating group) is 1. The summed E-state index contributed by atoms with van der Waals surface area (Å²) in [7, 11) is -0.562. The number of carbonyl (C=O) groups is 1. The van der Waals surface area contributed by atoms with Crippen molar-refractivity contribution < 1.29 is 22.7 Å². The smallest absolute Gasteiger partial charge is 0.243 e. The van der Waals surface area contributed by atoms with E-state index in [0.29, 0.717) is 24.5 Å². The van der Waals surface area contributed by atoms with Crippen LogP contribution >= 0.6 is 0 Å². The second-order valence-electron chi connectivity index (χ2n) is 6.03. The lowest BCUT2D eigenvalue weighted by Crippen LogP contribution is -2.41. The largest absolute Gasteiger partial charge is 0.493 e. The highest BCUT2D eigenvalue weighted by atomic mass is 32.2. The van der Waals surface area contributed by atoms with Crippen molar-refractivity contribution >= 4 is 15.9 Å². The van der Waals surface area contributed by atoms with Crippen LogP contribution in [0.1, 0.15) is 12.5 Å². The number of amides is 1. The first-order valence-electron chi connectivity index (χ1n) is 8.95. The molecule has 0 aliphatic rings. The van der Waals surface area contributed by atoms with Crippen LogP contribution in [0.25, 0.3) is 0 Å². The molecule has 0 bridgehead atoms. The minimum absolute atomic E-state index is 0.176. The predicted molar refractivity (Wildman–Crippen MR) is 107 cm³/mol. The number of benzene rings is 2. The molecule has 0 fully saturated rings. The van der Waals surface area contributed by atoms with Gasteiger partial charge >= 0.3 is 0 Å². The van der Waals surface area contributed by atoms with E-state index in [2.05, 4.69) is 5.32 Å². The molecule has 2 aromatic carbocycles. The molecule has 28 heavy (non-hydrogen) atoms. The van der Waals surface area contributed by atoms with Gasteiger partial charge in [0.05, 0.1) is 25.7 Å². The third-order valence-electron chi connectivity index (χ3n) is 4.24. The van der Waals surface area contributed by atoms with Gasteiger partial charge in [-0.05, 0) is 36.2 Å². The molecule has 8 heteroatoms. The molecule has 0 radical (unpaired) electrons. The van der Waals surface area contributed by atoms with E-state index in [1.807, 2.05) is 12.1 Å².